The van der Waals surface area contributed by atoms with Crippen molar-refractivity contribution in [2.24, 2.45) is 11.7 Å². The summed E-state index contributed by atoms with van der Waals surface area (Å²) in [6, 6.07) is 13.7. The summed E-state index contributed by atoms with van der Waals surface area (Å²) in [4.78, 5) is 23.5. The minimum atomic E-state index is -0.486. The summed E-state index contributed by atoms with van der Waals surface area (Å²) < 4.78 is 0. The smallest absolute Gasteiger partial charge is 0.293 e. The highest BCUT2D eigenvalue weighted by molar-refractivity contribution is 5.96. The summed E-state index contributed by atoms with van der Waals surface area (Å²) in [5.74, 6) is -0.0299. The van der Waals surface area contributed by atoms with Gasteiger partial charge in [-0.15, -0.1) is 12.4 Å². The van der Waals surface area contributed by atoms with Gasteiger partial charge >= 0.3 is 0 Å². The number of para-hydroxylation sites is 1. The van der Waals surface area contributed by atoms with Crippen LogP contribution in [0.25, 0.3) is 0 Å². The van der Waals surface area contributed by atoms with Crippen LogP contribution in [0.5, 0.6) is 0 Å². The van der Waals surface area contributed by atoms with Crippen molar-refractivity contribution in [3.63, 3.8) is 0 Å². The van der Waals surface area contributed by atoms with Crippen molar-refractivity contribution in [3.8, 4) is 0 Å². The second kappa shape index (κ2) is 9.34. The number of nitrogens with zero attached hydrogens (tertiary/aromatic N) is 1. The Balaban J connectivity index is 0.00000261. The first-order chi connectivity index (χ1) is 12.6. The number of hydrogen-bond acceptors (Lipinski definition) is 5. The summed E-state index contributed by atoms with van der Waals surface area (Å²) in [7, 11) is 0. The van der Waals surface area contributed by atoms with Gasteiger partial charge in [0.15, 0.2) is 0 Å². The molecule has 1 aliphatic carbocycles. The third-order valence-electron chi connectivity index (χ3n) is 4.79. The van der Waals surface area contributed by atoms with Gasteiger partial charge < -0.3 is 16.4 Å². The quantitative estimate of drug-likeness (QED) is 0.515. The summed E-state index contributed by atoms with van der Waals surface area (Å²) >= 11 is 0. The van der Waals surface area contributed by atoms with E-state index in [1.54, 1.807) is 12.1 Å². The molecule has 2 aromatic carbocycles. The van der Waals surface area contributed by atoms with Crippen molar-refractivity contribution < 1.29 is 9.72 Å². The largest absolute Gasteiger partial charge is 0.350 e. The molecule has 4 N–H and O–H groups in total. The van der Waals surface area contributed by atoms with Crippen molar-refractivity contribution in [1.29, 1.82) is 0 Å². The number of nitrogens with one attached hydrogen (secondary N) is 2. The average molecular weight is 391 g/mol. The second-order valence-electron chi connectivity index (χ2n) is 6.49. The molecule has 2 aromatic rings. The lowest BCUT2D eigenvalue weighted by Gasteiger charge is -2.19. The van der Waals surface area contributed by atoms with Gasteiger partial charge in [-0.3, -0.25) is 14.9 Å². The summed E-state index contributed by atoms with van der Waals surface area (Å²) in [5.41, 5.74) is 6.97. The SMILES string of the molecule is Cl.NCC1CCCC1NC(=O)c1ccc(Nc2ccccc2)c([N+](=O)[O-])c1. The van der Waals surface area contributed by atoms with Crippen LogP contribution >= 0.6 is 12.4 Å². The molecule has 0 bridgehead atoms. The molecule has 3 rings (SSSR count). The fourth-order valence-corrected chi connectivity index (χ4v) is 3.37. The molecule has 1 amide bonds. The maximum absolute atomic E-state index is 12.5. The predicted molar refractivity (Wildman–Crippen MR) is 108 cm³/mol. The molecule has 2 atom stereocenters. The minimum Gasteiger partial charge on any atom is -0.350 e. The van der Waals surface area contributed by atoms with Gasteiger partial charge in [-0.1, -0.05) is 24.6 Å². The molecule has 1 aliphatic rings. The summed E-state index contributed by atoms with van der Waals surface area (Å²) in [6.45, 7) is 0.533. The van der Waals surface area contributed by atoms with Crippen molar-refractivity contribution in [3.05, 3.63) is 64.2 Å². The van der Waals surface area contributed by atoms with Crippen LogP contribution in [0.1, 0.15) is 29.6 Å². The highest BCUT2D eigenvalue weighted by Crippen LogP contribution is 2.29. The monoisotopic (exact) mass is 390 g/mol. The molecule has 7 nitrogen and oxygen atoms in total. The Kier molecular flexibility index (Phi) is 7.15. The number of benzene rings is 2. The van der Waals surface area contributed by atoms with E-state index in [1.807, 2.05) is 30.3 Å². The van der Waals surface area contributed by atoms with E-state index in [0.29, 0.717) is 12.2 Å². The van der Waals surface area contributed by atoms with Crippen LogP contribution in [0.3, 0.4) is 0 Å². The molecule has 0 heterocycles. The van der Waals surface area contributed by atoms with E-state index in [-0.39, 0.29) is 41.5 Å². The van der Waals surface area contributed by atoms with Gasteiger partial charge in [0.2, 0.25) is 0 Å². The van der Waals surface area contributed by atoms with Crippen LogP contribution in [0.15, 0.2) is 48.5 Å². The van der Waals surface area contributed by atoms with Crippen molar-refractivity contribution >= 4 is 35.4 Å². The van der Waals surface area contributed by atoms with Crippen LogP contribution in [0.4, 0.5) is 17.1 Å². The van der Waals surface area contributed by atoms with Gasteiger partial charge in [0.05, 0.1) is 4.92 Å². The number of nitrogens with two attached hydrogens (primary N) is 1. The molecule has 2 unspecified atom stereocenters. The summed E-state index contributed by atoms with van der Waals surface area (Å²) in [6.07, 6.45) is 2.93. The Morgan fingerprint density at radius 1 is 1.19 bits per heavy atom. The van der Waals surface area contributed by atoms with Gasteiger partial charge in [0, 0.05) is 23.4 Å². The number of rotatable bonds is 6. The lowest BCUT2D eigenvalue weighted by Crippen LogP contribution is -2.39. The van der Waals surface area contributed by atoms with Crippen LogP contribution in [0.2, 0.25) is 0 Å². The number of carbonyl (C=O) groups is 1. The Labute approximate surface area is 163 Å². The summed E-state index contributed by atoms with van der Waals surface area (Å²) in [5, 5.41) is 17.4. The fourth-order valence-electron chi connectivity index (χ4n) is 3.37. The second-order valence-corrected chi connectivity index (χ2v) is 6.49. The molecule has 0 aliphatic heterocycles. The topological polar surface area (TPSA) is 110 Å². The molecule has 0 saturated heterocycles. The van der Waals surface area contributed by atoms with Gasteiger partial charge in [-0.2, -0.15) is 0 Å². The van der Waals surface area contributed by atoms with E-state index >= 15 is 0 Å². The van der Waals surface area contributed by atoms with Gasteiger partial charge in [0.1, 0.15) is 5.69 Å². The molecular formula is C19H23ClN4O3. The number of nitro benzene ring substituents is 1. The third kappa shape index (κ3) is 4.96. The predicted octanol–water partition coefficient (Wildman–Crippen LogP) is 3.62. The first-order valence-corrected chi connectivity index (χ1v) is 8.70. The number of anilines is 2. The Bertz CT molecular complexity index is 801. The number of nitro groups is 1. The first kappa shape index (κ1) is 20.7. The molecule has 0 radical (unpaired) electrons. The highest BCUT2D eigenvalue weighted by Gasteiger charge is 2.28. The zero-order valence-electron chi connectivity index (χ0n) is 14.8. The van der Waals surface area contributed by atoms with Crippen molar-refractivity contribution in [2.75, 3.05) is 11.9 Å². The first-order valence-electron chi connectivity index (χ1n) is 8.70. The highest BCUT2D eigenvalue weighted by atomic mass is 35.5. The van der Waals surface area contributed by atoms with E-state index < -0.39 is 4.92 Å². The third-order valence-corrected chi connectivity index (χ3v) is 4.79. The van der Waals surface area contributed by atoms with E-state index in [2.05, 4.69) is 10.6 Å². The normalized spacial score (nSPS) is 18.4. The minimum absolute atomic E-state index is 0. The van der Waals surface area contributed by atoms with E-state index in [1.165, 1.54) is 6.07 Å². The molecule has 144 valence electrons. The molecule has 0 spiro atoms. The van der Waals surface area contributed by atoms with Crippen molar-refractivity contribution in [1.82, 2.24) is 5.32 Å². The Hall–Kier alpha value is -2.64. The van der Waals surface area contributed by atoms with E-state index in [4.69, 9.17) is 5.73 Å². The number of carbonyl (C=O) groups excluding carboxylic acids is 1. The maximum Gasteiger partial charge on any atom is 0.293 e. The number of hydrogen-bond donors (Lipinski definition) is 3. The molecule has 1 fully saturated rings. The van der Waals surface area contributed by atoms with E-state index in [0.717, 1.165) is 24.9 Å². The molecular weight excluding hydrogens is 368 g/mol. The molecule has 0 aromatic heterocycles. The van der Waals surface area contributed by atoms with Gasteiger partial charge in [-0.25, -0.2) is 0 Å². The maximum atomic E-state index is 12.5. The van der Waals surface area contributed by atoms with Crippen LogP contribution in [-0.4, -0.2) is 23.4 Å². The van der Waals surface area contributed by atoms with Gasteiger partial charge in [-0.05, 0) is 49.6 Å². The van der Waals surface area contributed by atoms with Crippen LogP contribution in [0, 0.1) is 16.0 Å². The molecule has 8 heteroatoms. The van der Waals surface area contributed by atoms with Gasteiger partial charge in [0.25, 0.3) is 11.6 Å². The standard InChI is InChI=1S/C19H22N4O3.ClH/c20-12-14-5-4-8-16(14)22-19(24)13-9-10-17(18(11-13)23(25)26)21-15-6-2-1-3-7-15;/h1-3,6-7,9-11,14,16,21H,4-5,8,12,20H2,(H,22,24);1H. The van der Waals surface area contributed by atoms with Crippen LogP contribution in [-0.2, 0) is 0 Å². The zero-order valence-corrected chi connectivity index (χ0v) is 15.6. The number of halogens is 1. The van der Waals surface area contributed by atoms with Crippen LogP contribution < -0.4 is 16.4 Å². The Morgan fingerprint density at radius 3 is 2.59 bits per heavy atom. The van der Waals surface area contributed by atoms with Crippen molar-refractivity contribution in [2.45, 2.75) is 25.3 Å². The number of amides is 1. The molecule has 1 saturated carbocycles. The van der Waals surface area contributed by atoms with E-state index in [9.17, 15) is 14.9 Å². The Morgan fingerprint density at radius 2 is 1.93 bits per heavy atom. The fraction of sp³-hybridized carbons (Fsp3) is 0.316. The zero-order chi connectivity index (χ0) is 18.5. The molecule has 27 heavy (non-hydrogen) atoms. The average Bonchev–Trinajstić information content (AvgIpc) is 3.09. The lowest BCUT2D eigenvalue weighted by atomic mass is 10.0. The lowest BCUT2D eigenvalue weighted by molar-refractivity contribution is -0.383.